The number of benzene rings is 2. The van der Waals surface area contributed by atoms with Crippen LogP contribution in [0.1, 0.15) is 16.1 Å². The molecule has 0 aliphatic rings. The third-order valence-electron chi connectivity index (χ3n) is 4.14. The Kier molecular flexibility index (Phi) is 8.23. The van der Waals surface area contributed by atoms with Crippen LogP contribution in [0.2, 0.25) is 5.02 Å². The molecule has 0 aliphatic carbocycles. The molecule has 0 radical (unpaired) electrons. The second kappa shape index (κ2) is 10.6. The minimum absolute atomic E-state index is 0. The Morgan fingerprint density at radius 2 is 1.93 bits per heavy atom. The maximum Gasteiger partial charge on any atom is 0.335 e. The van der Waals surface area contributed by atoms with Crippen molar-refractivity contribution in [3.63, 3.8) is 0 Å². The molecule has 0 bridgehead atoms. The van der Waals surface area contributed by atoms with Crippen molar-refractivity contribution in [1.82, 2.24) is 5.32 Å². The maximum absolute atomic E-state index is 11.1. The quantitative estimate of drug-likeness (QED) is 0.242. The smallest absolute Gasteiger partial charge is 0.335 e. The molecule has 0 fully saturated rings. The summed E-state index contributed by atoms with van der Waals surface area (Å²) < 4.78 is 5.76. The highest BCUT2D eigenvalue weighted by Crippen LogP contribution is 2.26. The van der Waals surface area contributed by atoms with Gasteiger partial charge in [-0.1, -0.05) is 23.7 Å². The number of carboxylic acid groups (broad SMARTS) is 1. The average molecular weight is 452 g/mol. The van der Waals surface area contributed by atoms with E-state index in [0.29, 0.717) is 47.4 Å². The molecule has 1 heterocycles. The monoisotopic (exact) mass is 451 g/mol. The SMILES string of the molecule is Cl.O=C(O)c1cccc(-c2ccc(CNCCNc3ccc([N+](=O)[O-])cc3Cl)o2)c1. The van der Waals surface area contributed by atoms with Crippen molar-refractivity contribution < 1.29 is 19.2 Å². The number of rotatable bonds is 9. The van der Waals surface area contributed by atoms with Crippen molar-refractivity contribution in [3.8, 4) is 11.3 Å². The van der Waals surface area contributed by atoms with Crippen molar-refractivity contribution in [2.45, 2.75) is 6.54 Å². The van der Waals surface area contributed by atoms with Crippen molar-refractivity contribution in [3.05, 3.63) is 81.1 Å². The van der Waals surface area contributed by atoms with Crippen LogP contribution >= 0.6 is 24.0 Å². The van der Waals surface area contributed by atoms with Gasteiger partial charge in [0, 0.05) is 30.8 Å². The number of nitro groups is 1. The largest absolute Gasteiger partial charge is 0.478 e. The minimum Gasteiger partial charge on any atom is -0.478 e. The van der Waals surface area contributed by atoms with Gasteiger partial charge in [-0.3, -0.25) is 10.1 Å². The number of nitro benzene ring substituents is 1. The second-order valence-electron chi connectivity index (χ2n) is 6.18. The van der Waals surface area contributed by atoms with Crippen LogP contribution in [0.5, 0.6) is 0 Å². The highest BCUT2D eigenvalue weighted by atomic mass is 35.5. The molecular formula is C20H19Cl2N3O5. The number of hydrogen-bond acceptors (Lipinski definition) is 6. The Morgan fingerprint density at radius 1 is 1.13 bits per heavy atom. The Morgan fingerprint density at radius 3 is 2.63 bits per heavy atom. The van der Waals surface area contributed by atoms with Crippen molar-refractivity contribution >= 4 is 41.4 Å². The molecule has 0 spiro atoms. The van der Waals surface area contributed by atoms with Crippen molar-refractivity contribution in [2.75, 3.05) is 18.4 Å². The van der Waals surface area contributed by atoms with E-state index >= 15 is 0 Å². The first-order valence-corrected chi connectivity index (χ1v) is 9.13. The number of nitrogens with zero attached hydrogens (tertiary/aromatic N) is 1. The molecule has 3 N–H and O–H groups in total. The molecule has 158 valence electrons. The number of non-ortho nitro benzene ring substituents is 1. The Hall–Kier alpha value is -3.07. The number of hydrogen-bond donors (Lipinski definition) is 3. The van der Waals surface area contributed by atoms with Crippen LogP contribution in [0, 0.1) is 10.1 Å². The van der Waals surface area contributed by atoms with Gasteiger partial charge in [0.05, 0.1) is 27.7 Å². The summed E-state index contributed by atoms with van der Waals surface area (Å²) >= 11 is 6.03. The van der Waals surface area contributed by atoms with E-state index in [1.807, 2.05) is 6.07 Å². The lowest BCUT2D eigenvalue weighted by Gasteiger charge is -2.08. The number of furan rings is 1. The van der Waals surface area contributed by atoms with Crippen LogP contribution in [0.4, 0.5) is 11.4 Å². The standard InChI is InChI=1S/C20H18ClN3O5.ClH/c21-17-11-15(24(27)28)4-6-18(17)23-9-8-22-12-16-5-7-19(29-16)13-2-1-3-14(10-13)20(25)26;/h1-7,10-11,22-23H,8-9,12H2,(H,25,26);1H. The lowest BCUT2D eigenvalue weighted by atomic mass is 10.1. The topological polar surface area (TPSA) is 118 Å². The van der Waals surface area contributed by atoms with Crippen molar-refractivity contribution in [2.24, 2.45) is 0 Å². The second-order valence-corrected chi connectivity index (χ2v) is 6.58. The van der Waals surface area contributed by atoms with Gasteiger partial charge in [-0.25, -0.2) is 4.79 Å². The molecule has 0 saturated heterocycles. The first-order chi connectivity index (χ1) is 13.9. The highest BCUT2D eigenvalue weighted by Gasteiger charge is 2.10. The van der Waals surface area contributed by atoms with Gasteiger partial charge in [0.15, 0.2) is 0 Å². The van der Waals surface area contributed by atoms with E-state index in [9.17, 15) is 14.9 Å². The Bertz CT molecular complexity index is 1040. The fourth-order valence-corrected chi connectivity index (χ4v) is 2.93. The number of carbonyl (C=O) groups is 1. The zero-order chi connectivity index (χ0) is 20.8. The molecule has 3 rings (SSSR count). The molecule has 30 heavy (non-hydrogen) atoms. The zero-order valence-electron chi connectivity index (χ0n) is 15.6. The summed E-state index contributed by atoms with van der Waals surface area (Å²) in [4.78, 5) is 21.3. The first kappa shape index (κ1) is 23.2. The normalized spacial score (nSPS) is 10.3. The first-order valence-electron chi connectivity index (χ1n) is 8.75. The molecule has 8 nitrogen and oxygen atoms in total. The van der Waals surface area contributed by atoms with Crippen molar-refractivity contribution in [1.29, 1.82) is 0 Å². The average Bonchev–Trinajstić information content (AvgIpc) is 3.17. The molecule has 1 aromatic heterocycles. The fourth-order valence-electron chi connectivity index (χ4n) is 2.69. The molecule has 0 unspecified atom stereocenters. The van der Waals surface area contributed by atoms with Crippen LogP contribution in [0.3, 0.4) is 0 Å². The van der Waals surface area contributed by atoms with E-state index < -0.39 is 10.9 Å². The van der Waals surface area contributed by atoms with Gasteiger partial charge in [0.2, 0.25) is 0 Å². The van der Waals surface area contributed by atoms with E-state index in [0.717, 1.165) is 0 Å². The lowest BCUT2D eigenvalue weighted by Crippen LogP contribution is -2.21. The van der Waals surface area contributed by atoms with Gasteiger partial charge in [0.25, 0.3) is 5.69 Å². The number of anilines is 1. The Balaban J connectivity index is 0.00000320. The van der Waals surface area contributed by atoms with Gasteiger partial charge < -0.3 is 20.2 Å². The van der Waals surface area contributed by atoms with Gasteiger partial charge in [-0.05, 0) is 30.3 Å². The van der Waals surface area contributed by atoms with E-state index in [1.54, 1.807) is 30.3 Å². The summed E-state index contributed by atoms with van der Waals surface area (Å²) in [6.07, 6.45) is 0. The van der Waals surface area contributed by atoms with Crippen LogP contribution in [0.25, 0.3) is 11.3 Å². The predicted molar refractivity (Wildman–Crippen MR) is 117 cm³/mol. The third-order valence-corrected chi connectivity index (χ3v) is 4.45. The van der Waals surface area contributed by atoms with Crippen LogP contribution in [0.15, 0.2) is 59.0 Å². The van der Waals surface area contributed by atoms with E-state index in [1.165, 1.54) is 18.2 Å². The molecule has 3 aromatic rings. The molecule has 0 amide bonds. The fraction of sp³-hybridized carbons (Fsp3) is 0.150. The summed E-state index contributed by atoms with van der Waals surface area (Å²) in [6, 6.07) is 14.5. The summed E-state index contributed by atoms with van der Waals surface area (Å²) in [5.74, 6) is 0.329. The Labute approximate surface area is 183 Å². The van der Waals surface area contributed by atoms with Crippen LogP contribution in [-0.4, -0.2) is 29.1 Å². The van der Waals surface area contributed by atoms with Gasteiger partial charge in [-0.15, -0.1) is 12.4 Å². The lowest BCUT2D eigenvalue weighted by molar-refractivity contribution is -0.384. The zero-order valence-corrected chi connectivity index (χ0v) is 17.2. The van der Waals surface area contributed by atoms with E-state index in [4.69, 9.17) is 21.1 Å². The molecule has 0 saturated carbocycles. The summed E-state index contributed by atoms with van der Waals surface area (Å²) in [7, 11) is 0. The maximum atomic E-state index is 11.1. The van der Waals surface area contributed by atoms with Crippen LogP contribution in [-0.2, 0) is 6.54 Å². The molecule has 0 atom stereocenters. The summed E-state index contributed by atoms with van der Waals surface area (Å²) in [5.41, 5.74) is 1.47. The molecule has 10 heteroatoms. The number of aromatic carboxylic acids is 1. The van der Waals surface area contributed by atoms with Crippen LogP contribution < -0.4 is 10.6 Å². The number of halogens is 2. The number of nitrogens with one attached hydrogen (secondary N) is 2. The van der Waals surface area contributed by atoms with E-state index in [-0.39, 0.29) is 23.7 Å². The highest BCUT2D eigenvalue weighted by molar-refractivity contribution is 6.33. The molecule has 0 aliphatic heterocycles. The van der Waals surface area contributed by atoms with Gasteiger partial charge in [0.1, 0.15) is 11.5 Å². The minimum atomic E-state index is -0.985. The van der Waals surface area contributed by atoms with E-state index in [2.05, 4.69) is 10.6 Å². The van der Waals surface area contributed by atoms with Gasteiger partial charge in [-0.2, -0.15) is 0 Å². The predicted octanol–water partition coefficient (Wildman–Crippen LogP) is 4.83. The summed E-state index contributed by atoms with van der Waals surface area (Å²) in [5, 5.41) is 26.4. The van der Waals surface area contributed by atoms with Gasteiger partial charge >= 0.3 is 5.97 Å². The third kappa shape index (κ3) is 5.96. The molecule has 2 aromatic carbocycles. The molecular weight excluding hydrogens is 433 g/mol. The summed E-state index contributed by atoms with van der Waals surface area (Å²) in [6.45, 7) is 1.66. The number of carboxylic acids is 1.